The number of aromatic nitrogens is 6. The molecule has 0 aliphatic heterocycles. The van der Waals surface area contributed by atoms with Gasteiger partial charge in [-0.25, -0.2) is 9.13 Å². The predicted octanol–water partition coefficient (Wildman–Crippen LogP) is 1.85. The molecule has 160 valence electrons. The summed E-state index contributed by atoms with van der Waals surface area (Å²) in [6, 6.07) is 7.88. The van der Waals surface area contributed by atoms with Crippen LogP contribution in [0.3, 0.4) is 0 Å². The van der Waals surface area contributed by atoms with Gasteiger partial charge < -0.3 is 14.2 Å². The van der Waals surface area contributed by atoms with Crippen molar-refractivity contribution in [3.8, 4) is 34.3 Å². The number of aryl methyl sites for hydroxylation is 2. The molecule has 0 unspecified atom stereocenters. The molecule has 4 heterocycles. The Labute approximate surface area is 188 Å². The highest BCUT2D eigenvalue weighted by Crippen LogP contribution is 2.27. The summed E-state index contributed by atoms with van der Waals surface area (Å²) in [6.07, 6.45) is 7.89. The Morgan fingerprint density at radius 2 is 1.19 bits per heavy atom. The molecule has 0 N–H and O–H groups in total. The zero-order valence-electron chi connectivity index (χ0n) is 17.2. The molecule has 9 nitrogen and oxygen atoms in total. The molecule has 11 heteroatoms. The molecule has 4 aromatic heterocycles. The van der Waals surface area contributed by atoms with Crippen LogP contribution in [-0.2, 0) is 18.8 Å². The molecule has 0 bridgehead atoms. The number of ether oxygens (including phenoxy) is 3. The van der Waals surface area contributed by atoms with Crippen molar-refractivity contribution in [1.29, 1.82) is 0 Å². The summed E-state index contributed by atoms with van der Waals surface area (Å²) in [5.41, 5.74) is 3.40. The molecule has 0 fully saturated rings. The van der Waals surface area contributed by atoms with Crippen molar-refractivity contribution in [3.05, 3.63) is 49.1 Å². The van der Waals surface area contributed by atoms with Crippen molar-refractivity contribution in [3.63, 3.8) is 0 Å². The van der Waals surface area contributed by atoms with Gasteiger partial charge in [-0.15, -0.1) is 8.75 Å². The number of pyridine rings is 2. The van der Waals surface area contributed by atoms with Crippen molar-refractivity contribution in [2.24, 2.45) is 14.1 Å². The summed E-state index contributed by atoms with van der Waals surface area (Å²) in [7, 11) is 3.93. The maximum atomic E-state index is 5.75. The van der Waals surface area contributed by atoms with Crippen LogP contribution in [0, 0.1) is 0 Å². The Hall–Kier alpha value is -3.02. The van der Waals surface area contributed by atoms with Gasteiger partial charge in [0.25, 0.3) is 11.8 Å². The smallest absolute Gasteiger partial charge is 0.254 e. The van der Waals surface area contributed by atoms with Crippen LogP contribution in [-0.4, -0.2) is 43.9 Å². The van der Waals surface area contributed by atoms with Crippen molar-refractivity contribution >= 4 is 23.5 Å². The van der Waals surface area contributed by atoms with E-state index in [4.69, 9.17) is 14.2 Å². The highest BCUT2D eigenvalue weighted by molar-refractivity contribution is 6.99. The normalized spacial score (nSPS) is 10.9. The summed E-state index contributed by atoms with van der Waals surface area (Å²) in [5.74, 6) is 1.04. The van der Waals surface area contributed by atoms with E-state index in [9.17, 15) is 0 Å². The molecule has 0 spiro atoms. The van der Waals surface area contributed by atoms with E-state index in [1.54, 1.807) is 0 Å². The van der Waals surface area contributed by atoms with Gasteiger partial charge in [0, 0.05) is 12.1 Å². The first-order valence-corrected chi connectivity index (χ1v) is 11.1. The number of hydrogen-bond donors (Lipinski definition) is 0. The van der Waals surface area contributed by atoms with Gasteiger partial charge in [0.05, 0.1) is 47.8 Å². The van der Waals surface area contributed by atoms with Gasteiger partial charge in [-0.3, -0.25) is 0 Å². The molecule has 0 saturated carbocycles. The van der Waals surface area contributed by atoms with Crippen LogP contribution in [0.5, 0.6) is 11.8 Å². The first-order chi connectivity index (χ1) is 15.2. The van der Waals surface area contributed by atoms with Gasteiger partial charge in [0.2, 0.25) is 0 Å². The Balaban J connectivity index is 1.20. The lowest BCUT2D eigenvalue weighted by Gasteiger charge is -2.07. The average Bonchev–Trinajstić information content (AvgIpc) is 3.42. The molecule has 0 saturated heterocycles. The van der Waals surface area contributed by atoms with Crippen molar-refractivity contribution in [2.45, 2.75) is 0 Å². The van der Waals surface area contributed by atoms with E-state index in [-0.39, 0.29) is 0 Å². The minimum absolute atomic E-state index is 0.376. The Morgan fingerprint density at radius 3 is 1.65 bits per heavy atom. The van der Waals surface area contributed by atoms with E-state index >= 15 is 0 Å². The lowest BCUT2D eigenvalue weighted by molar-refractivity contribution is -0.671. The summed E-state index contributed by atoms with van der Waals surface area (Å²) in [5, 5.41) is 0. The molecule has 0 aliphatic rings. The molecule has 0 amide bonds. The SMILES string of the molecule is C[n+]1cccc(-c2nsnc2OCCOCCOc2nsnc2-c2ccc[n+](C)c2)c1. The Kier molecular flexibility index (Phi) is 7.07. The molecule has 0 atom stereocenters. The summed E-state index contributed by atoms with van der Waals surface area (Å²) in [4.78, 5) is 0. The number of nitrogens with zero attached hydrogens (tertiary/aromatic N) is 6. The second-order valence-electron chi connectivity index (χ2n) is 6.66. The van der Waals surface area contributed by atoms with Crippen LogP contribution in [0.4, 0.5) is 0 Å². The van der Waals surface area contributed by atoms with E-state index in [0.29, 0.717) is 38.2 Å². The van der Waals surface area contributed by atoms with Crippen LogP contribution in [0.1, 0.15) is 0 Å². The maximum absolute atomic E-state index is 5.75. The van der Waals surface area contributed by atoms with E-state index in [1.165, 1.54) is 0 Å². The van der Waals surface area contributed by atoms with Crippen LogP contribution in [0.2, 0.25) is 0 Å². The largest absolute Gasteiger partial charge is 0.473 e. The first-order valence-electron chi connectivity index (χ1n) is 9.60. The minimum Gasteiger partial charge on any atom is -0.473 e. The molecule has 0 radical (unpaired) electrons. The zero-order valence-corrected chi connectivity index (χ0v) is 18.8. The third-order valence-electron chi connectivity index (χ3n) is 4.28. The van der Waals surface area contributed by atoms with E-state index in [1.807, 2.05) is 72.3 Å². The van der Waals surface area contributed by atoms with Crippen LogP contribution >= 0.6 is 23.5 Å². The average molecular weight is 459 g/mol. The summed E-state index contributed by atoms with van der Waals surface area (Å²) < 4.78 is 38.2. The quantitative estimate of drug-likeness (QED) is 0.265. The summed E-state index contributed by atoms with van der Waals surface area (Å²) in [6.45, 7) is 1.59. The standard InChI is InChI=1S/C20H22N6O3S2/c1-25-7-3-5-15(13-25)17-19(23-30-21-17)28-11-9-27-10-12-29-20-18(22-31-24-20)16-6-4-8-26(2)14-16/h3-8,13-14H,9-12H2,1-2H3/q+2. The lowest BCUT2D eigenvalue weighted by atomic mass is 10.2. The zero-order chi connectivity index (χ0) is 21.5. The first kappa shape index (κ1) is 21.2. The third kappa shape index (κ3) is 5.57. The topological polar surface area (TPSA) is 87.0 Å². The maximum Gasteiger partial charge on any atom is 0.254 e. The van der Waals surface area contributed by atoms with Gasteiger partial charge in [-0.1, -0.05) is 0 Å². The minimum atomic E-state index is 0.376. The Morgan fingerprint density at radius 1 is 0.710 bits per heavy atom. The highest BCUT2D eigenvalue weighted by atomic mass is 32.1. The second kappa shape index (κ2) is 10.3. The predicted molar refractivity (Wildman–Crippen MR) is 115 cm³/mol. The van der Waals surface area contributed by atoms with Gasteiger partial charge in [0.1, 0.15) is 27.3 Å². The van der Waals surface area contributed by atoms with Crippen molar-refractivity contribution in [2.75, 3.05) is 26.4 Å². The van der Waals surface area contributed by atoms with Gasteiger partial charge in [-0.05, 0) is 12.1 Å². The van der Waals surface area contributed by atoms with Crippen molar-refractivity contribution in [1.82, 2.24) is 17.5 Å². The van der Waals surface area contributed by atoms with E-state index in [0.717, 1.165) is 46.0 Å². The second-order valence-corrected chi connectivity index (χ2v) is 7.72. The monoisotopic (exact) mass is 458 g/mol. The molecule has 0 aliphatic carbocycles. The lowest BCUT2D eigenvalue weighted by Crippen LogP contribution is -2.26. The number of hydrogen-bond acceptors (Lipinski definition) is 9. The van der Waals surface area contributed by atoms with Gasteiger partial charge >= 0.3 is 0 Å². The molecule has 31 heavy (non-hydrogen) atoms. The fraction of sp³-hybridized carbons (Fsp3) is 0.300. The molecular weight excluding hydrogens is 436 g/mol. The highest BCUT2D eigenvalue weighted by Gasteiger charge is 2.15. The molecule has 4 aromatic rings. The van der Waals surface area contributed by atoms with E-state index < -0.39 is 0 Å². The van der Waals surface area contributed by atoms with Gasteiger partial charge in [-0.2, -0.15) is 8.75 Å². The molecule has 4 rings (SSSR count). The Bertz CT molecular complexity index is 1050. The van der Waals surface area contributed by atoms with Crippen LogP contribution in [0.25, 0.3) is 22.5 Å². The fourth-order valence-electron chi connectivity index (χ4n) is 2.86. The third-order valence-corrected chi connectivity index (χ3v) is 5.30. The van der Waals surface area contributed by atoms with Crippen molar-refractivity contribution < 1.29 is 23.3 Å². The molecule has 0 aromatic carbocycles. The number of rotatable bonds is 10. The van der Waals surface area contributed by atoms with Crippen LogP contribution in [0.15, 0.2) is 49.1 Å². The van der Waals surface area contributed by atoms with Gasteiger partial charge in [0.15, 0.2) is 36.2 Å². The fourth-order valence-corrected chi connectivity index (χ4v) is 3.89. The summed E-state index contributed by atoms with van der Waals surface area (Å²) >= 11 is 2.26. The van der Waals surface area contributed by atoms with E-state index in [2.05, 4.69) is 17.5 Å². The van der Waals surface area contributed by atoms with Crippen LogP contribution < -0.4 is 18.6 Å². The molecular formula is C20H22N6O3S2+2.